The van der Waals surface area contributed by atoms with Crippen molar-refractivity contribution in [3.8, 4) is 17.0 Å². The lowest BCUT2D eigenvalue weighted by molar-refractivity contribution is -0.121. The van der Waals surface area contributed by atoms with Gasteiger partial charge in [0.1, 0.15) is 11.4 Å². The van der Waals surface area contributed by atoms with Crippen molar-refractivity contribution in [1.29, 1.82) is 0 Å². The fourth-order valence-corrected chi connectivity index (χ4v) is 4.71. The summed E-state index contributed by atoms with van der Waals surface area (Å²) in [5.74, 6) is 0.582. The zero-order valence-electron chi connectivity index (χ0n) is 23.4. The average Bonchev–Trinajstić information content (AvgIpc) is 2.92. The Morgan fingerprint density at radius 3 is 2.69 bits per heavy atom. The summed E-state index contributed by atoms with van der Waals surface area (Å²) < 4.78 is 10.8. The van der Waals surface area contributed by atoms with E-state index in [0.29, 0.717) is 19.5 Å². The van der Waals surface area contributed by atoms with Gasteiger partial charge in [-0.3, -0.25) is 9.78 Å². The van der Waals surface area contributed by atoms with E-state index in [4.69, 9.17) is 14.5 Å². The first-order chi connectivity index (χ1) is 18.6. The summed E-state index contributed by atoms with van der Waals surface area (Å²) in [4.78, 5) is 36.5. The van der Waals surface area contributed by atoms with Crippen molar-refractivity contribution in [3.63, 3.8) is 0 Å². The topological polar surface area (TPSA) is 93.7 Å². The van der Waals surface area contributed by atoms with Gasteiger partial charge in [-0.05, 0) is 75.8 Å². The van der Waals surface area contributed by atoms with E-state index in [2.05, 4.69) is 23.3 Å². The van der Waals surface area contributed by atoms with E-state index in [9.17, 15) is 9.59 Å². The molecule has 0 saturated carbocycles. The van der Waals surface area contributed by atoms with Crippen molar-refractivity contribution in [3.05, 3.63) is 72.2 Å². The summed E-state index contributed by atoms with van der Waals surface area (Å²) in [7, 11) is 1.65. The summed E-state index contributed by atoms with van der Waals surface area (Å²) in [5, 5.41) is 3.06. The number of amides is 2. The van der Waals surface area contributed by atoms with Crippen LogP contribution < -0.4 is 10.1 Å². The van der Waals surface area contributed by atoms with Gasteiger partial charge in [0.15, 0.2) is 0 Å². The summed E-state index contributed by atoms with van der Waals surface area (Å²) in [6.45, 7) is 8.64. The Hall–Kier alpha value is -3.94. The predicted octanol–water partition coefficient (Wildman–Crippen LogP) is 6.08. The summed E-state index contributed by atoms with van der Waals surface area (Å²) in [6.07, 6.45) is 5.40. The Labute approximate surface area is 230 Å². The van der Waals surface area contributed by atoms with Crippen LogP contribution in [0.15, 0.2) is 60.9 Å². The molecule has 8 nitrogen and oxygen atoms in total. The SMILES string of the molecule is COc1cccc(-c2cncc(C[C@@H](C)c3cccc(NC(=O)C4CCCN(C(=O)OC(C)(C)C)C4)c3)n2)c1. The van der Waals surface area contributed by atoms with Crippen LogP contribution in [0.1, 0.15) is 57.7 Å². The highest BCUT2D eigenvalue weighted by Gasteiger charge is 2.31. The van der Waals surface area contributed by atoms with Gasteiger partial charge in [0.25, 0.3) is 0 Å². The lowest BCUT2D eigenvalue weighted by atomic mass is 9.95. The Kier molecular flexibility index (Phi) is 8.84. The van der Waals surface area contributed by atoms with Crippen LogP contribution in [0, 0.1) is 5.92 Å². The van der Waals surface area contributed by atoms with Gasteiger partial charge in [-0.1, -0.05) is 31.2 Å². The first kappa shape index (κ1) is 28.1. The molecule has 2 heterocycles. The molecule has 1 unspecified atom stereocenters. The normalized spacial score (nSPS) is 16.3. The Balaban J connectivity index is 1.39. The molecule has 39 heavy (non-hydrogen) atoms. The first-order valence-electron chi connectivity index (χ1n) is 13.5. The molecule has 2 amide bonds. The van der Waals surface area contributed by atoms with Crippen molar-refractivity contribution in [2.45, 2.75) is 58.5 Å². The van der Waals surface area contributed by atoms with Gasteiger partial charge < -0.3 is 19.7 Å². The third kappa shape index (κ3) is 7.78. The van der Waals surface area contributed by atoms with Gasteiger partial charge in [0.05, 0.1) is 30.6 Å². The monoisotopic (exact) mass is 530 g/mol. The quantitative estimate of drug-likeness (QED) is 0.398. The highest BCUT2D eigenvalue weighted by atomic mass is 16.6. The predicted molar refractivity (Wildman–Crippen MR) is 152 cm³/mol. The minimum absolute atomic E-state index is 0.0788. The Morgan fingerprint density at radius 1 is 1.13 bits per heavy atom. The van der Waals surface area contributed by atoms with E-state index in [1.807, 2.05) is 63.2 Å². The number of carbonyl (C=O) groups excluding carboxylic acids is 2. The van der Waals surface area contributed by atoms with E-state index in [1.54, 1.807) is 24.4 Å². The Morgan fingerprint density at radius 2 is 1.92 bits per heavy atom. The molecule has 1 N–H and O–H groups in total. The molecular weight excluding hydrogens is 492 g/mol. The van der Waals surface area contributed by atoms with Crippen molar-refractivity contribution < 1.29 is 19.1 Å². The van der Waals surface area contributed by atoms with E-state index in [0.717, 1.165) is 46.8 Å². The molecule has 0 aliphatic carbocycles. The third-order valence-electron chi connectivity index (χ3n) is 6.73. The molecule has 1 aliphatic rings. The average molecular weight is 531 g/mol. The molecule has 1 fully saturated rings. The zero-order chi connectivity index (χ0) is 28.0. The van der Waals surface area contributed by atoms with Gasteiger partial charge in [-0.25, -0.2) is 9.78 Å². The van der Waals surface area contributed by atoms with Crippen molar-refractivity contribution in [1.82, 2.24) is 14.9 Å². The fraction of sp³-hybridized carbons (Fsp3) is 0.419. The Bertz CT molecular complexity index is 1300. The van der Waals surface area contributed by atoms with E-state index >= 15 is 0 Å². The molecule has 1 aromatic heterocycles. The number of piperidine rings is 1. The number of ether oxygens (including phenoxy) is 2. The van der Waals surface area contributed by atoms with Crippen LogP contribution in [0.2, 0.25) is 0 Å². The van der Waals surface area contributed by atoms with Crippen molar-refractivity contribution >= 4 is 17.7 Å². The standard InChI is InChI=1S/C31H38N4O4/c1-21(15-26-18-32-19-28(33-26)23-10-7-13-27(17-23)38-5)22-9-6-12-25(16-22)34-29(36)24-11-8-14-35(20-24)30(37)39-31(2,3)4/h6-7,9-10,12-13,16-19,21,24H,8,11,14-15,20H2,1-5H3,(H,34,36)/t21-,24?/m1/s1. The lowest BCUT2D eigenvalue weighted by Crippen LogP contribution is -2.45. The van der Waals surface area contributed by atoms with Gasteiger partial charge in [-0.2, -0.15) is 0 Å². The number of aromatic nitrogens is 2. The summed E-state index contributed by atoms with van der Waals surface area (Å²) in [5.41, 5.74) is 3.92. The summed E-state index contributed by atoms with van der Waals surface area (Å²) >= 11 is 0. The van der Waals surface area contributed by atoms with Gasteiger partial charge in [0, 0.05) is 30.5 Å². The second-order valence-corrected chi connectivity index (χ2v) is 11.1. The van der Waals surface area contributed by atoms with E-state index in [1.165, 1.54) is 0 Å². The number of hydrogen-bond acceptors (Lipinski definition) is 6. The summed E-state index contributed by atoms with van der Waals surface area (Å²) in [6, 6.07) is 15.7. The lowest BCUT2D eigenvalue weighted by Gasteiger charge is -2.33. The number of hydrogen-bond donors (Lipinski definition) is 1. The molecule has 3 aromatic rings. The minimum atomic E-state index is -0.564. The first-order valence-corrected chi connectivity index (χ1v) is 13.5. The number of benzene rings is 2. The molecule has 1 saturated heterocycles. The molecule has 8 heteroatoms. The van der Waals surface area contributed by atoms with Crippen LogP contribution in [-0.2, 0) is 16.0 Å². The van der Waals surface area contributed by atoms with E-state index in [-0.39, 0.29) is 23.8 Å². The molecule has 2 aromatic carbocycles. The third-order valence-corrected chi connectivity index (χ3v) is 6.73. The minimum Gasteiger partial charge on any atom is -0.497 e. The zero-order valence-corrected chi connectivity index (χ0v) is 23.4. The molecule has 0 radical (unpaired) electrons. The smallest absolute Gasteiger partial charge is 0.410 e. The maximum atomic E-state index is 13.1. The van der Waals surface area contributed by atoms with Crippen molar-refractivity contribution in [2.75, 3.05) is 25.5 Å². The molecule has 0 bridgehead atoms. The van der Waals surface area contributed by atoms with E-state index < -0.39 is 5.60 Å². The van der Waals surface area contributed by atoms with Crippen LogP contribution >= 0.6 is 0 Å². The number of methoxy groups -OCH3 is 1. The second kappa shape index (κ2) is 12.3. The molecule has 0 spiro atoms. The maximum Gasteiger partial charge on any atom is 0.410 e. The molecule has 4 rings (SSSR count). The van der Waals surface area contributed by atoms with Gasteiger partial charge in [0.2, 0.25) is 5.91 Å². The van der Waals surface area contributed by atoms with Crippen molar-refractivity contribution in [2.24, 2.45) is 5.92 Å². The van der Waals surface area contributed by atoms with Crippen LogP contribution in [0.5, 0.6) is 5.75 Å². The van der Waals surface area contributed by atoms with Gasteiger partial charge in [-0.15, -0.1) is 0 Å². The molecule has 2 atom stereocenters. The second-order valence-electron chi connectivity index (χ2n) is 11.1. The van der Waals surface area contributed by atoms with Gasteiger partial charge >= 0.3 is 6.09 Å². The number of nitrogens with one attached hydrogen (secondary N) is 1. The molecule has 1 aliphatic heterocycles. The number of carbonyl (C=O) groups is 2. The van der Waals surface area contributed by atoms with Crippen LogP contribution in [-0.4, -0.2) is 52.7 Å². The molecular formula is C31H38N4O4. The fourth-order valence-electron chi connectivity index (χ4n) is 4.71. The number of anilines is 1. The molecule has 206 valence electrons. The highest BCUT2D eigenvalue weighted by Crippen LogP contribution is 2.26. The van der Waals surface area contributed by atoms with Crippen LogP contribution in [0.4, 0.5) is 10.5 Å². The maximum absolute atomic E-state index is 13.1. The largest absolute Gasteiger partial charge is 0.497 e. The van der Waals surface area contributed by atoms with Crippen LogP contribution in [0.25, 0.3) is 11.3 Å². The number of nitrogens with zero attached hydrogens (tertiary/aromatic N) is 3. The highest BCUT2D eigenvalue weighted by molar-refractivity contribution is 5.93. The van der Waals surface area contributed by atoms with Crippen LogP contribution in [0.3, 0.4) is 0 Å². The number of likely N-dealkylation sites (tertiary alicyclic amines) is 1. The number of rotatable bonds is 7.